The number of rotatable bonds is 6. The molecule has 0 saturated heterocycles. The van der Waals surface area contributed by atoms with Gasteiger partial charge in [-0.3, -0.25) is 0 Å². The molecule has 1 saturated carbocycles. The third kappa shape index (κ3) is 4.51. The van der Waals surface area contributed by atoms with Crippen LogP contribution in [-0.2, 0) is 0 Å². The smallest absolute Gasteiger partial charge is 0.0346 e. The van der Waals surface area contributed by atoms with Gasteiger partial charge in [0.2, 0.25) is 0 Å². The zero-order chi connectivity index (χ0) is 16.1. The Kier molecular flexibility index (Phi) is 6.35. The Bertz CT molecular complexity index is 455. The molecule has 1 aliphatic carbocycles. The summed E-state index contributed by atoms with van der Waals surface area (Å²) in [6.45, 7) is 9.19. The van der Waals surface area contributed by atoms with Gasteiger partial charge in [0.05, 0.1) is 0 Å². The van der Waals surface area contributed by atoms with Gasteiger partial charge in [0.15, 0.2) is 0 Å². The molecule has 0 aliphatic heterocycles. The quantitative estimate of drug-likeness (QED) is 0.612. The van der Waals surface area contributed by atoms with Crippen molar-refractivity contribution in [1.82, 2.24) is 0 Å². The van der Waals surface area contributed by atoms with E-state index < -0.39 is 0 Å². The molecule has 1 heteroatoms. The van der Waals surface area contributed by atoms with Crippen molar-refractivity contribution in [2.24, 2.45) is 17.8 Å². The van der Waals surface area contributed by atoms with Gasteiger partial charge in [-0.1, -0.05) is 45.7 Å². The van der Waals surface area contributed by atoms with Gasteiger partial charge in [-0.05, 0) is 79.9 Å². The molecule has 1 nitrogen and oxygen atoms in total. The first kappa shape index (κ1) is 17.4. The van der Waals surface area contributed by atoms with Crippen molar-refractivity contribution in [2.45, 2.75) is 78.6 Å². The van der Waals surface area contributed by atoms with Crippen LogP contribution in [0.2, 0.25) is 0 Å². The molecule has 1 fully saturated rings. The van der Waals surface area contributed by atoms with Crippen molar-refractivity contribution in [3.05, 3.63) is 29.3 Å². The van der Waals surface area contributed by atoms with Crippen LogP contribution in [0.15, 0.2) is 18.2 Å². The van der Waals surface area contributed by atoms with Crippen LogP contribution < -0.4 is 5.73 Å². The topological polar surface area (TPSA) is 26.0 Å². The van der Waals surface area contributed by atoms with Gasteiger partial charge in [0, 0.05) is 5.69 Å². The average molecular weight is 302 g/mol. The number of nitrogens with two attached hydrogens (primary N) is 1. The number of aryl methyl sites for hydroxylation is 1. The van der Waals surface area contributed by atoms with Crippen LogP contribution in [0.3, 0.4) is 0 Å². The first-order valence-corrected chi connectivity index (χ1v) is 9.37. The molecule has 0 amide bonds. The van der Waals surface area contributed by atoms with Gasteiger partial charge in [0.1, 0.15) is 0 Å². The van der Waals surface area contributed by atoms with Gasteiger partial charge < -0.3 is 5.73 Å². The molecular weight excluding hydrogens is 266 g/mol. The summed E-state index contributed by atoms with van der Waals surface area (Å²) in [5.41, 5.74) is 9.73. The maximum atomic E-state index is 6.10. The lowest BCUT2D eigenvalue weighted by Crippen LogP contribution is -2.22. The zero-order valence-corrected chi connectivity index (χ0v) is 15.1. The maximum absolute atomic E-state index is 6.10. The van der Waals surface area contributed by atoms with E-state index in [9.17, 15) is 0 Å². The number of benzene rings is 1. The maximum Gasteiger partial charge on any atom is 0.0346 e. The predicted octanol–water partition coefficient (Wildman–Crippen LogP) is 6.31. The summed E-state index contributed by atoms with van der Waals surface area (Å²) in [7, 11) is 0. The number of hydrogen-bond donors (Lipinski definition) is 1. The van der Waals surface area contributed by atoms with E-state index in [0.29, 0.717) is 0 Å². The predicted molar refractivity (Wildman–Crippen MR) is 98.1 cm³/mol. The van der Waals surface area contributed by atoms with Crippen LogP contribution in [0.5, 0.6) is 0 Å². The Hall–Kier alpha value is -0.980. The number of nitrogen functional groups attached to an aromatic ring is 1. The molecule has 0 radical (unpaired) electrons. The summed E-state index contributed by atoms with van der Waals surface area (Å²) in [6, 6.07) is 6.71. The van der Waals surface area contributed by atoms with Gasteiger partial charge in [-0.2, -0.15) is 0 Å². The minimum Gasteiger partial charge on any atom is -0.399 e. The third-order valence-corrected chi connectivity index (χ3v) is 5.65. The number of anilines is 1. The van der Waals surface area contributed by atoms with Crippen LogP contribution >= 0.6 is 0 Å². The first-order chi connectivity index (χ1) is 10.5. The highest BCUT2D eigenvalue weighted by Crippen LogP contribution is 2.42. The van der Waals surface area contributed by atoms with Crippen LogP contribution in [0.1, 0.15) is 82.8 Å². The molecule has 2 rings (SSSR count). The van der Waals surface area contributed by atoms with Gasteiger partial charge >= 0.3 is 0 Å². The summed E-state index contributed by atoms with van der Waals surface area (Å²) < 4.78 is 0. The second kappa shape index (κ2) is 8.04. The van der Waals surface area contributed by atoms with E-state index in [1.165, 1.54) is 56.1 Å². The standard InChI is InChI=1S/C21H35N/c1-5-6-19(13-15(2)3)17-9-11-18(12-10-17)20-8-7-16(4)21(22)14-20/h7-8,14-15,17-19H,5-6,9-13,22H2,1-4H3. The Morgan fingerprint density at radius 2 is 1.82 bits per heavy atom. The van der Waals surface area contributed by atoms with Crippen molar-refractivity contribution in [3.8, 4) is 0 Å². The monoisotopic (exact) mass is 301 g/mol. The molecule has 1 atom stereocenters. The highest BCUT2D eigenvalue weighted by Gasteiger charge is 2.28. The number of hydrogen-bond acceptors (Lipinski definition) is 1. The van der Waals surface area contributed by atoms with Gasteiger partial charge in [-0.15, -0.1) is 0 Å². The molecule has 1 aliphatic rings. The lowest BCUT2D eigenvalue weighted by molar-refractivity contribution is 0.194. The van der Waals surface area contributed by atoms with Gasteiger partial charge in [-0.25, -0.2) is 0 Å². The fourth-order valence-corrected chi connectivity index (χ4v) is 4.36. The minimum absolute atomic E-state index is 0.737. The molecule has 0 aromatic heterocycles. The minimum atomic E-state index is 0.737. The Labute approximate surface area is 137 Å². The fraction of sp³-hybridized carbons (Fsp3) is 0.714. The highest BCUT2D eigenvalue weighted by molar-refractivity contribution is 5.49. The molecule has 124 valence electrons. The molecule has 1 aromatic rings. The van der Waals surface area contributed by atoms with Crippen LogP contribution in [0.25, 0.3) is 0 Å². The molecule has 0 heterocycles. The largest absolute Gasteiger partial charge is 0.399 e. The van der Waals surface area contributed by atoms with Gasteiger partial charge in [0.25, 0.3) is 0 Å². The molecule has 1 aromatic carbocycles. The van der Waals surface area contributed by atoms with E-state index in [0.717, 1.165) is 29.4 Å². The summed E-state index contributed by atoms with van der Waals surface area (Å²) in [4.78, 5) is 0. The highest BCUT2D eigenvalue weighted by atomic mass is 14.6. The van der Waals surface area contributed by atoms with E-state index in [-0.39, 0.29) is 0 Å². The van der Waals surface area contributed by atoms with E-state index in [2.05, 4.69) is 45.9 Å². The van der Waals surface area contributed by atoms with Crippen LogP contribution in [0.4, 0.5) is 5.69 Å². The molecule has 2 N–H and O–H groups in total. The molecular formula is C21H35N. The Morgan fingerprint density at radius 1 is 1.14 bits per heavy atom. The second-order valence-corrected chi connectivity index (χ2v) is 7.91. The van der Waals surface area contributed by atoms with Crippen molar-refractivity contribution >= 4 is 5.69 Å². The Balaban J connectivity index is 1.94. The van der Waals surface area contributed by atoms with E-state index in [1.54, 1.807) is 0 Å². The average Bonchev–Trinajstić information content (AvgIpc) is 2.49. The van der Waals surface area contributed by atoms with Crippen molar-refractivity contribution in [3.63, 3.8) is 0 Å². The summed E-state index contributed by atoms with van der Waals surface area (Å²) in [5, 5.41) is 0. The van der Waals surface area contributed by atoms with Crippen molar-refractivity contribution in [2.75, 3.05) is 5.73 Å². The SMILES string of the molecule is CCCC(CC(C)C)C1CCC(c2ccc(C)c(N)c2)CC1. The van der Waals surface area contributed by atoms with Crippen molar-refractivity contribution in [1.29, 1.82) is 0 Å². The van der Waals surface area contributed by atoms with Crippen LogP contribution in [0, 0.1) is 24.7 Å². The molecule has 0 bridgehead atoms. The van der Waals surface area contributed by atoms with Crippen molar-refractivity contribution < 1.29 is 0 Å². The fourth-order valence-electron chi connectivity index (χ4n) is 4.36. The van der Waals surface area contributed by atoms with E-state index in [4.69, 9.17) is 5.73 Å². The Morgan fingerprint density at radius 3 is 2.36 bits per heavy atom. The molecule has 22 heavy (non-hydrogen) atoms. The lowest BCUT2D eigenvalue weighted by Gasteiger charge is -2.35. The third-order valence-electron chi connectivity index (χ3n) is 5.65. The summed E-state index contributed by atoms with van der Waals surface area (Å²) in [5.74, 6) is 3.49. The zero-order valence-electron chi connectivity index (χ0n) is 15.1. The lowest BCUT2D eigenvalue weighted by atomic mass is 9.70. The molecule has 1 unspecified atom stereocenters. The van der Waals surface area contributed by atoms with E-state index in [1.807, 2.05) is 0 Å². The van der Waals surface area contributed by atoms with Crippen LogP contribution in [-0.4, -0.2) is 0 Å². The first-order valence-electron chi connectivity index (χ1n) is 9.37. The normalized spacial score (nSPS) is 23.7. The summed E-state index contributed by atoms with van der Waals surface area (Å²) in [6.07, 6.45) is 9.71. The second-order valence-electron chi connectivity index (χ2n) is 7.91. The summed E-state index contributed by atoms with van der Waals surface area (Å²) >= 11 is 0. The van der Waals surface area contributed by atoms with E-state index >= 15 is 0 Å². The molecule has 0 spiro atoms.